The van der Waals surface area contributed by atoms with Gasteiger partial charge in [0, 0.05) is 19.3 Å². The zero-order valence-electron chi connectivity index (χ0n) is 15.4. The number of ether oxygens (including phenoxy) is 1. The van der Waals surface area contributed by atoms with E-state index in [1.165, 1.54) is 7.05 Å². The molecule has 1 aromatic rings. The predicted octanol–water partition coefficient (Wildman–Crippen LogP) is 0.912. The molecule has 9 nitrogen and oxygen atoms in total. The number of hydrazine groups is 1. The molecule has 0 fully saturated rings. The smallest absolute Gasteiger partial charge is 0.413 e. The summed E-state index contributed by atoms with van der Waals surface area (Å²) < 4.78 is 5.18. The number of nitrogens with one attached hydrogen (secondary N) is 4. The van der Waals surface area contributed by atoms with Crippen molar-refractivity contribution in [1.29, 1.82) is 0 Å². The number of anilines is 1. The van der Waals surface area contributed by atoms with Crippen molar-refractivity contribution < 1.29 is 19.1 Å². The first-order valence-corrected chi connectivity index (χ1v) is 7.75. The third-order valence-corrected chi connectivity index (χ3v) is 3.05. The number of carbonyl (C=O) groups excluding carboxylic acids is 3. The molecular weight excluding hydrogens is 326 g/mol. The molecule has 1 heterocycles. The summed E-state index contributed by atoms with van der Waals surface area (Å²) in [4.78, 5) is 39.1. The van der Waals surface area contributed by atoms with Crippen LogP contribution in [0.15, 0.2) is 6.07 Å². The largest absolute Gasteiger partial charge is 0.444 e. The standard InChI is InChI=1S/C16H25N5O4/c1-9-7-12(20-15(24)25-16(3,4)5)19-10(2)11(9)8-18-13(22)14(23)21-17-6/h7,17H,8H2,1-6H3,(H,18,22)(H,21,23)(H,19,20,24). The Bertz CT molecular complexity index is 644. The van der Waals surface area contributed by atoms with Crippen LogP contribution in [0, 0.1) is 13.8 Å². The minimum absolute atomic E-state index is 0.146. The van der Waals surface area contributed by atoms with Gasteiger partial charge in [0.2, 0.25) is 0 Å². The molecule has 0 unspecified atom stereocenters. The van der Waals surface area contributed by atoms with Crippen LogP contribution in [0.25, 0.3) is 0 Å². The molecule has 138 valence electrons. The maximum Gasteiger partial charge on any atom is 0.413 e. The van der Waals surface area contributed by atoms with Crippen molar-refractivity contribution >= 4 is 23.7 Å². The Morgan fingerprint density at radius 3 is 2.32 bits per heavy atom. The molecular formula is C16H25N5O4. The highest BCUT2D eigenvalue weighted by molar-refractivity contribution is 6.34. The van der Waals surface area contributed by atoms with E-state index in [-0.39, 0.29) is 6.54 Å². The Balaban J connectivity index is 2.78. The van der Waals surface area contributed by atoms with E-state index in [4.69, 9.17) is 4.74 Å². The molecule has 0 aliphatic carbocycles. The van der Waals surface area contributed by atoms with E-state index < -0.39 is 23.5 Å². The average molecular weight is 351 g/mol. The fourth-order valence-corrected chi connectivity index (χ4v) is 2.02. The maximum atomic E-state index is 11.8. The van der Waals surface area contributed by atoms with Crippen molar-refractivity contribution in [2.45, 2.75) is 46.8 Å². The summed E-state index contributed by atoms with van der Waals surface area (Å²) >= 11 is 0. The minimum atomic E-state index is -0.783. The van der Waals surface area contributed by atoms with E-state index in [1.54, 1.807) is 33.8 Å². The van der Waals surface area contributed by atoms with E-state index >= 15 is 0 Å². The summed E-state index contributed by atoms with van der Waals surface area (Å²) in [7, 11) is 1.49. The number of amides is 3. The van der Waals surface area contributed by atoms with Crippen molar-refractivity contribution in [2.24, 2.45) is 0 Å². The minimum Gasteiger partial charge on any atom is -0.444 e. The fourth-order valence-electron chi connectivity index (χ4n) is 2.02. The Labute approximate surface area is 146 Å². The number of hydrogen-bond acceptors (Lipinski definition) is 6. The number of aromatic nitrogens is 1. The molecule has 9 heteroatoms. The highest BCUT2D eigenvalue weighted by Crippen LogP contribution is 2.17. The van der Waals surface area contributed by atoms with Crippen LogP contribution in [0.4, 0.5) is 10.6 Å². The van der Waals surface area contributed by atoms with E-state index in [9.17, 15) is 14.4 Å². The summed E-state index contributed by atoms with van der Waals surface area (Å²) in [6.07, 6.45) is -0.594. The lowest BCUT2D eigenvalue weighted by atomic mass is 10.1. The van der Waals surface area contributed by atoms with Gasteiger partial charge in [0.15, 0.2) is 0 Å². The third kappa shape index (κ3) is 6.76. The molecule has 0 aliphatic rings. The van der Waals surface area contributed by atoms with Gasteiger partial charge >= 0.3 is 17.9 Å². The third-order valence-electron chi connectivity index (χ3n) is 3.05. The fraction of sp³-hybridized carbons (Fsp3) is 0.500. The second-order valence-corrected chi connectivity index (χ2v) is 6.40. The maximum absolute atomic E-state index is 11.8. The number of carbonyl (C=O) groups is 3. The van der Waals surface area contributed by atoms with Gasteiger partial charge in [0.1, 0.15) is 11.4 Å². The summed E-state index contributed by atoms with van der Waals surface area (Å²) in [5.74, 6) is -1.19. The van der Waals surface area contributed by atoms with Gasteiger partial charge in [-0.2, -0.15) is 0 Å². The van der Waals surface area contributed by atoms with Gasteiger partial charge in [0.05, 0.1) is 0 Å². The SMILES string of the molecule is CNNC(=O)C(=O)NCc1c(C)cc(NC(=O)OC(C)(C)C)nc1C. The van der Waals surface area contributed by atoms with Crippen LogP contribution >= 0.6 is 0 Å². The second-order valence-electron chi connectivity index (χ2n) is 6.40. The van der Waals surface area contributed by atoms with Gasteiger partial charge in [-0.3, -0.25) is 20.3 Å². The molecule has 1 aromatic heterocycles. The normalized spacial score (nSPS) is 10.8. The quantitative estimate of drug-likeness (QED) is 0.473. The number of aryl methyl sites for hydroxylation is 2. The van der Waals surface area contributed by atoms with Gasteiger partial charge in [0.25, 0.3) is 0 Å². The number of pyridine rings is 1. The van der Waals surface area contributed by atoms with Crippen LogP contribution in [0.5, 0.6) is 0 Å². The van der Waals surface area contributed by atoms with Crippen LogP contribution in [0.2, 0.25) is 0 Å². The topological polar surface area (TPSA) is 121 Å². The molecule has 0 saturated carbocycles. The van der Waals surface area contributed by atoms with Crippen LogP contribution in [-0.4, -0.2) is 35.5 Å². The Morgan fingerprint density at radius 1 is 1.16 bits per heavy atom. The Morgan fingerprint density at radius 2 is 1.80 bits per heavy atom. The molecule has 0 spiro atoms. The van der Waals surface area contributed by atoms with Gasteiger partial charge in [-0.15, -0.1) is 0 Å². The van der Waals surface area contributed by atoms with E-state index in [2.05, 4.69) is 26.5 Å². The van der Waals surface area contributed by atoms with E-state index in [0.29, 0.717) is 11.5 Å². The molecule has 0 radical (unpaired) electrons. The second kappa shape index (κ2) is 8.43. The van der Waals surface area contributed by atoms with E-state index in [1.807, 2.05) is 6.92 Å². The number of rotatable bonds is 4. The first kappa shape index (κ1) is 20.4. The highest BCUT2D eigenvalue weighted by Gasteiger charge is 2.18. The zero-order chi connectivity index (χ0) is 19.2. The van der Waals surface area contributed by atoms with Crippen molar-refractivity contribution in [1.82, 2.24) is 21.2 Å². The van der Waals surface area contributed by atoms with E-state index in [0.717, 1.165) is 11.1 Å². The molecule has 0 aliphatic heterocycles. The monoisotopic (exact) mass is 351 g/mol. The van der Waals surface area contributed by atoms with Crippen LogP contribution in [-0.2, 0) is 20.9 Å². The zero-order valence-corrected chi connectivity index (χ0v) is 15.4. The van der Waals surface area contributed by atoms with Gasteiger partial charge < -0.3 is 10.1 Å². The molecule has 4 N–H and O–H groups in total. The molecule has 0 bridgehead atoms. The van der Waals surface area contributed by atoms with Gasteiger partial charge in [-0.05, 0) is 51.8 Å². The average Bonchev–Trinajstić information content (AvgIpc) is 2.44. The predicted molar refractivity (Wildman–Crippen MR) is 92.6 cm³/mol. The lowest BCUT2D eigenvalue weighted by Crippen LogP contribution is -2.44. The highest BCUT2D eigenvalue weighted by atomic mass is 16.6. The van der Waals surface area contributed by atoms with Crippen LogP contribution < -0.4 is 21.5 Å². The summed E-state index contributed by atoms with van der Waals surface area (Å²) in [6.45, 7) is 9.03. The van der Waals surface area contributed by atoms with Gasteiger partial charge in [-0.1, -0.05) is 0 Å². The lowest BCUT2D eigenvalue weighted by Gasteiger charge is -2.20. The van der Waals surface area contributed by atoms with Crippen molar-refractivity contribution in [2.75, 3.05) is 12.4 Å². The molecule has 0 atom stereocenters. The first-order valence-electron chi connectivity index (χ1n) is 7.75. The van der Waals surface area contributed by atoms with Crippen molar-refractivity contribution in [3.05, 3.63) is 22.9 Å². The van der Waals surface area contributed by atoms with Crippen molar-refractivity contribution in [3.8, 4) is 0 Å². The van der Waals surface area contributed by atoms with Gasteiger partial charge in [-0.25, -0.2) is 15.2 Å². The summed E-state index contributed by atoms with van der Waals surface area (Å²) in [6, 6.07) is 1.67. The Hall–Kier alpha value is -2.68. The molecule has 1 rings (SSSR count). The molecule has 0 saturated heterocycles. The number of nitrogens with zero attached hydrogens (tertiary/aromatic N) is 1. The molecule has 25 heavy (non-hydrogen) atoms. The summed E-state index contributed by atoms with van der Waals surface area (Å²) in [5.41, 5.74) is 6.17. The van der Waals surface area contributed by atoms with Crippen LogP contribution in [0.3, 0.4) is 0 Å². The lowest BCUT2D eigenvalue weighted by molar-refractivity contribution is -0.139. The Kier molecular flexibility index (Phi) is 6.86. The molecule has 3 amide bonds. The number of hydrogen-bond donors (Lipinski definition) is 4. The van der Waals surface area contributed by atoms with Crippen LogP contribution in [0.1, 0.15) is 37.6 Å². The van der Waals surface area contributed by atoms with Crippen molar-refractivity contribution in [3.63, 3.8) is 0 Å². The summed E-state index contributed by atoms with van der Waals surface area (Å²) in [5, 5.41) is 5.09. The molecule has 0 aromatic carbocycles. The first-order chi connectivity index (χ1) is 11.5.